The molecule has 0 saturated heterocycles. The highest BCUT2D eigenvalue weighted by Gasteiger charge is 2.04. The van der Waals surface area contributed by atoms with E-state index in [9.17, 15) is 4.79 Å². The van der Waals surface area contributed by atoms with E-state index in [1.54, 1.807) is 25.0 Å². The maximum atomic E-state index is 10.8. The van der Waals surface area contributed by atoms with Crippen molar-refractivity contribution < 1.29 is 4.79 Å². The highest BCUT2D eigenvalue weighted by Crippen LogP contribution is 2.18. The molecule has 0 saturated carbocycles. The number of fused-ring (bicyclic) bond motifs is 1. The lowest BCUT2D eigenvalue weighted by Crippen LogP contribution is -2.33. The lowest BCUT2D eigenvalue weighted by Gasteiger charge is -2.13. The van der Waals surface area contributed by atoms with Crippen LogP contribution in [0.25, 0.3) is 5.65 Å². The van der Waals surface area contributed by atoms with Crippen molar-refractivity contribution in [3.63, 3.8) is 0 Å². The molecule has 90 valence electrons. The number of imidazole rings is 1. The molecule has 2 amide bonds. The van der Waals surface area contributed by atoms with Crippen LogP contribution in [0.3, 0.4) is 0 Å². The van der Waals surface area contributed by atoms with E-state index in [0.29, 0.717) is 6.54 Å². The zero-order chi connectivity index (χ0) is 12.3. The number of aromatic nitrogens is 2. The predicted octanol–water partition coefficient (Wildman–Crippen LogP) is 1.44. The van der Waals surface area contributed by atoms with Gasteiger partial charge < -0.3 is 10.6 Å². The zero-order valence-corrected chi connectivity index (χ0v) is 10.4. The maximum Gasteiger partial charge on any atom is 0.314 e. The average molecular weight is 250 g/mol. The summed E-state index contributed by atoms with van der Waals surface area (Å²) in [5, 5.41) is 1.11. The summed E-state index contributed by atoms with van der Waals surface area (Å²) in [6.07, 6.45) is 3.70. The molecule has 2 rings (SSSR count). The minimum absolute atomic E-state index is 0.397. The van der Waals surface area contributed by atoms with Gasteiger partial charge in [0.05, 0.1) is 5.03 Å². The molecule has 0 aliphatic carbocycles. The first-order valence-electron chi connectivity index (χ1n) is 5.24. The second-order valence-corrected chi connectivity index (χ2v) is 4.74. The molecule has 17 heavy (non-hydrogen) atoms. The molecule has 0 unspecified atom stereocenters. The molecule has 0 aromatic carbocycles. The largest absolute Gasteiger partial charge is 0.351 e. The number of urea groups is 1. The van der Waals surface area contributed by atoms with E-state index in [1.165, 1.54) is 4.90 Å². The summed E-state index contributed by atoms with van der Waals surface area (Å²) in [5.41, 5.74) is 6.08. The lowest BCUT2D eigenvalue weighted by atomic mass is 10.5. The first kappa shape index (κ1) is 11.8. The number of hydrogen-bond acceptors (Lipinski definition) is 3. The van der Waals surface area contributed by atoms with Gasteiger partial charge in [0, 0.05) is 31.7 Å². The van der Waals surface area contributed by atoms with Gasteiger partial charge in [-0.15, -0.1) is 11.8 Å². The molecule has 2 aromatic rings. The van der Waals surface area contributed by atoms with Gasteiger partial charge in [-0.1, -0.05) is 6.07 Å². The summed E-state index contributed by atoms with van der Waals surface area (Å²) >= 11 is 1.67. The van der Waals surface area contributed by atoms with Gasteiger partial charge in [0.25, 0.3) is 0 Å². The van der Waals surface area contributed by atoms with Gasteiger partial charge in [-0.2, -0.15) is 0 Å². The highest BCUT2D eigenvalue weighted by atomic mass is 32.2. The number of carbonyl (C=O) groups is 1. The van der Waals surface area contributed by atoms with Crippen LogP contribution in [0.5, 0.6) is 0 Å². The summed E-state index contributed by atoms with van der Waals surface area (Å²) in [5.74, 6) is 0.802. The van der Waals surface area contributed by atoms with E-state index in [1.807, 2.05) is 28.8 Å². The SMILES string of the molecule is CN(CCSc1cccc2nccn12)C(N)=O. The molecule has 0 aliphatic heterocycles. The van der Waals surface area contributed by atoms with Crippen LogP contribution in [0.15, 0.2) is 35.6 Å². The quantitative estimate of drug-likeness (QED) is 0.835. The Bertz CT molecular complexity index is 525. The number of amides is 2. The van der Waals surface area contributed by atoms with Crippen LogP contribution in [0, 0.1) is 0 Å². The summed E-state index contributed by atoms with van der Waals surface area (Å²) in [4.78, 5) is 16.6. The topological polar surface area (TPSA) is 63.6 Å². The molecule has 2 aromatic heterocycles. The summed E-state index contributed by atoms with van der Waals surface area (Å²) in [7, 11) is 1.70. The molecule has 0 bridgehead atoms. The van der Waals surface area contributed by atoms with Crippen LogP contribution in [-0.2, 0) is 0 Å². The maximum absolute atomic E-state index is 10.8. The Balaban J connectivity index is 1.99. The minimum atomic E-state index is -0.397. The minimum Gasteiger partial charge on any atom is -0.351 e. The number of primary amides is 1. The Morgan fingerprint density at radius 1 is 1.59 bits per heavy atom. The molecule has 0 aliphatic rings. The fourth-order valence-corrected chi connectivity index (χ4v) is 2.48. The Labute approximate surface area is 104 Å². The van der Waals surface area contributed by atoms with Gasteiger partial charge in [0.1, 0.15) is 5.65 Å². The number of pyridine rings is 1. The highest BCUT2D eigenvalue weighted by molar-refractivity contribution is 7.99. The van der Waals surface area contributed by atoms with E-state index in [2.05, 4.69) is 4.98 Å². The first-order chi connectivity index (χ1) is 8.18. The van der Waals surface area contributed by atoms with Crippen molar-refractivity contribution in [1.82, 2.24) is 14.3 Å². The molecular formula is C11H14N4OS. The molecule has 0 radical (unpaired) electrons. The molecule has 5 nitrogen and oxygen atoms in total. The Morgan fingerprint density at radius 3 is 3.18 bits per heavy atom. The molecule has 0 atom stereocenters. The third-order valence-corrected chi connectivity index (χ3v) is 3.46. The van der Waals surface area contributed by atoms with Gasteiger partial charge in [-0.3, -0.25) is 4.40 Å². The van der Waals surface area contributed by atoms with E-state index in [0.717, 1.165) is 16.4 Å². The van der Waals surface area contributed by atoms with Crippen molar-refractivity contribution in [3.8, 4) is 0 Å². The van der Waals surface area contributed by atoms with Gasteiger partial charge >= 0.3 is 6.03 Å². The second-order valence-electron chi connectivity index (χ2n) is 3.63. The van der Waals surface area contributed by atoms with Gasteiger partial charge in [-0.05, 0) is 12.1 Å². The van der Waals surface area contributed by atoms with Crippen LogP contribution in [0.4, 0.5) is 4.79 Å². The van der Waals surface area contributed by atoms with Gasteiger partial charge in [-0.25, -0.2) is 9.78 Å². The summed E-state index contributed by atoms with van der Waals surface area (Å²) in [6, 6.07) is 5.57. The molecule has 0 spiro atoms. The molecule has 2 heterocycles. The van der Waals surface area contributed by atoms with Crippen molar-refractivity contribution in [3.05, 3.63) is 30.6 Å². The number of thioether (sulfide) groups is 1. The van der Waals surface area contributed by atoms with Crippen LogP contribution in [0.2, 0.25) is 0 Å². The van der Waals surface area contributed by atoms with Crippen molar-refractivity contribution in [1.29, 1.82) is 0 Å². The molecule has 6 heteroatoms. The Morgan fingerprint density at radius 2 is 2.41 bits per heavy atom. The first-order valence-corrected chi connectivity index (χ1v) is 6.22. The normalized spacial score (nSPS) is 10.6. The van der Waals surface area contributed by atoms with Gasteiger partial charge in [0.15, 0.2) is 0 Å². The Hall–Kier alpha value is -1.69. The number of nitrogens with two attached hydrogens (primary N) is 1. The number of carbonyl (C=O) groups excluding carboxylic acids is 1. The standard InChI is InChI=1S/C11H14N4OS/c1-14(11(12)16)7-8-17-10-4-2-3-9-13-5-6-15(9)10/h2-6H,7-8H2,1H3,(H2,12,16). The summed E-state index contributed by atoms with van der Waals surface area (Å²) < 4.78 is 2.02. The van der Waals surface area contributed by atoms with Crippen molar-refractivity contribution >= 4 is 23.4 Å². The smallest absolute Gasteiger partial charge is 0.314 e. The second kappa shape index (κ2) is 5.09. The Kier molecular flexibility index (Phi) is 3.53. The third-order valence-electron chi connectivity index (χ3n) is 2.44. The summed E-state index contributed by atoms with van der Waals surface area (Å²) in [6.45, 7) is 0.630. The fourth-order valence-electron chi connectivity index (χ4n) is 1.44. The van der Waals surface area contributed by atoms with Crippen molar-refractivity contribution in [2.75, 3.05) is 19.3 Å². The predicted molar refractivity (Wildman–Crippen MR) is 68.1 cm³/mol. The van der Waals surface area contributed by atoms with Gasteiger partial charge in [0.2, 0.25) is 0 Å². The molecular weight excluding hydrogens is 236 g/mol. The zero-order valence-electron chi connectivity index (χ0n) is 9.54. The third kappa shape index (κ3) is 2.71. The fraction of sp³-hybridized carbons (Fsp3) is 0.273. The lowest BCUT2D eigenvalue weighted by molar-refractivity contribution is 0.221. The van der Waals surface area contributed by atoms with Crippen LogP contribution in [0.1, 0.15) is 0 Å². The van der Waals surface area contributed by atoms with Crippen LogP contribution < -0.4 is 5.73 Å². The molecule has 0 fully saturated rings. The van der Waals surface area contributed by atoms with Crippen molar-refractivity contribution in [2.24, 2.45) is 5.73 Å². The monoisotopic (exact) mass is 250 g/mol. The van der Waals surface area contributed by atoms with Crippen LogP contribution >= 0.6 is 11.8 Å². The number of hydrogen-bond donors (Lipinski definition) is 1. The van der Waals surface area contributed by atoms with Crippen LogP contribution in [-0.4, -0.2) is 39.7 Å². The molecule has 2 N–H and O–H groups in total. The number of rotatable bonds is 4. The van der Waals surface area contributed by atoms with E-state index >= 15 is 0 Å². The van der Waals surface area contributed by atoms with E-state index < -0.39 is 6.03 Å². The van der Waals surface area contributed by atoms with Crippen molar-refractivity contribution in [2.45, 2.75) is 5.03 Å². The average Bonchev–Trinajstić information content (AvgIpc) is 2.77. The van der Waals surface area contributed by atoms with E-state index in [-0.39, 0.29) is 0 Å². The van der Waals surface area contributed by atoms with E-state index in [4.69, 9.17) is 5.73 Å². The number of nitrogens with zero attached hydrogens (tertiary/aromatic N) is 3.